The van der Waals surface area contributed by atoms with Gasteiger partial charge in [-0.3, -0.25) is 0 Å². The fraction of sp³-hybridized carbons (Fsp3) is 0.647. The average Bonchev–Trinajstić information content (AvgIpc) is 2.38. The van der Waals surface area contributed by atoms with Gasteiger partial charge in [-0.25, -0.2) is 0 Å². The highest BCUT2D eigenvalue weighted by Gasteiger charge is 2.31. The van der Waals surface area contributed by atoms with Crippen molar-refractivity contribution in [2.45, 2.75) is 52.7 Å². The molecule has 0 heterocycles. The van der Waals surface area contributed by atoms with Gasteiger partial charge in [-0.15, -0.1) is 0 Å². The molecule has 19 heavy (non-hydrogen) atoms. The third-order valence-corrected chi connectivity index (χ3v) is 4.41. The Labute approximate surface area is 117 Å². The predicted octanol–water partition coefficient (Wildman–Crippen LogP) is 4.25. The lowest BCUT2D eigenvalue weighted by molar-refractivity contribution is -0.0472. The zero-order valence-electron chi connectivity index (χ0n) is 12.4. The van der Waals surface area contributed by atoms with Crippen molar-refractivity contribution >= 4 is 5.69 Å². The minimum Gasteiger partial charge on any atom is -0.399 e. The Bertz CT molecular complexity index is 385. The summed E-state index contributed by atoms with van der Waals surface area (Å²) in [4.78, 5) is 0. The Morgan fingerprint density at radius 1 is 1.21 bits per heavy atom. The van der Waals surface area contributed by atoms with Crippen molar-refractivity contribution in [1.29, 1.82) is 0 Å². The van der Waals surface area contributed by atoms with Crippen molar-refractivity contribution in [1.82, 2.24) is 0 Å². The fourth-order valence-electron chi connectivity index (χ4n) is 3.12. The van der Waals surface area contributed by atoms with Crippen molar-refractivity contribution in [2.24, 2.45) is 17.8 Å². The van der Waals surface area contributed by atoms with Crippen LogP contribution in [0.5, 0.6) is 0 Å². The number of ether oxygens (including phenoxy) is 1. The molecule has 0 amide bonds. The van der Waals surface area contributed by atoms with Crippen LogP contribution in [0.1, 0.15) is 45.6 Å². The molecule has 2 nitrogen and oxygen atoms in total. The van der Waals surface area contributed by atoms with E-state index in [1.807, 2.05) is 12.1 Å². The summed E-state index contributed by atoms with van der Waals surface area (Å²) in [5, 5.41) is 0. The summed E-state index contributed by atoms with van der Waals surface area (Å²) in [6.45, 7) is 7.69. The van der Waals surface area contributed by atoms with E-state index in [-0.39, 0.29) is 0 Å². The second-order valence-corrected chi connectivity index (χ2v) is 6.42. The molecule has 0 aromatic heterocycles. The van der Waals surface area contributed by atoms with Gasteiger partial charge in [0.1, 0.15) is 0 Å². The first-order chi connectivity index (χ1) is 9.06. The summed E-state index contributed by atoms with van der Waals surface area (Å²) >= 11 is 0. The maximum Gasteiger partial charge on any atom is 0.0720 e. The molecule has 2 N–H and O–H groups in total. The van der Waals surface area contributed by atoms with Crippen LogP contribution in [0.25, 0.3) is 0 Å². The number of hydrogen-bond donors (Lipinski definition) is 1. The van der Waals surface area contributed by atoms with Crippen LogP contribution in [-0.4, -0.2) is 6.10 Å². The molecular formula is C17H27NO. The Hall–Kier alpha value is -1.02. The zero-order valence-corrected chi connectivity index (χ0v) is 12.4. The van der Waals surface area contributed by atoms with Gasteiger partial charge in [0.25, 0.3) is 0 Å². The van der Waals surface area contributed by atoms with E-state index in [4.69, 9.17) is 10.5 Å². The third-order valence-electron chi connectivity index (χ3n) is 4.41. The highest BCUT2D eigenvalue weighted by Crippen LogP contribution is 2.35. The Morgan fingerprint density at radius 2 is 1.89 bits per heavy atom. The maximum absolute atomic E-state index is 6.21. The lowest BCUT2D eigenvalue weighted by Gasteiger charge is -2.37. The lowest BCUT2D eigenvalue weighted by Crippen LogP contribution is -2.34. The summed E-state index contributed by atoms with van der Waals surface area (Å²) in [5.74, 6) is 2.22. The number of rotatable bonds is 4. The predicted molar refractivity (Wildman–Crippen MR) is 80.8 cm³/mol. The van der Waals surface area contributed by atoms with Gasteiger partial charge in [0.2, 0.25) is 0 Å². The number of benzene rings is 1. The third kappa shape index (κ3) is 3.97. The first-order valence-corrected chi connectivity index (χ1v) is 7.52. The highest BCUT2D eigenvalue weighted by molar-refractivity contribution is 5.39. The standard InChI is InChI=1S/C17H27NO/c1-12(2)16-9-4-13(3)10-17(16)19-11-14-5-7-15(18)8-6-14/h5-8,12-13,16-17H,4,9-11,18H2,1-3H3/t13-,16+,17-/m1/s1. The molecule has 2 rings (SSSR count). The first kappa shape index (κ1) is 14.4. The quantitative estimate of drug-likeness (QED) is 0.822. The molecule has 1 aromatic carbocycles. The molecule has 0 saturated heterocycles. The maximum atomic E-state index is 6.21. The number of anilines is 1. The monoisotopic (exact) mass is 261 g/mol. The van der Waals surface area contributed by atoms with E-state index in [2.05, 4.69) is 32.9 Å². The molecule has 1 fully saturated rings. The first-order valence-electron chi connectivity index (χ1n) is 7.52. The van der Waals surface area contributed by atoms with Gasteiger partial charge in [-0.2, -0.15) is 0 Å². The average molecular weight is 261 g/mol. The van der Waals surface area contributed by atoms with E-state index < -0.39 is 0 Å². The van der Waals surface area contributed by atoms with Gasteiger partial charge in [-0.1, -0.05) is 39.3 Å². The van der Waals surface area contributed by atoms with Crippen LogP contribution >= 0.6 is 0 Å². The highest BCUT2D eigenvalue weighted by atomic mass is 16.5. The lowest BCUT2D eigenvalue weighted by atomic mass is 9.75. The van der Waals surface area contributed by atoms with Crippen LogP contribution in [0.2, 0.25) is 0 Å². The number of hydrogen-bond acceptors (Lipinski definition) is 2. The van der Waals surface area contributed by atoms with E-state index in [9.17, 15) is 0 Å². The Balaban J connectivity index is 1.93. The largest absolute Gasteiger partial charge is 0.399 e. The van der Waals surface area contributed by atoms with Crippen molar-refractivity contribution in [3.05, 3.63) is 29.8 Å². The molecule has 0 radical (unpaired) electrons. The minimum atomic E-state index is 0.418. The van der Waals surface area contributed by atoms with E-state index in [0.29, 0.717) is 24.5 Å². The van der Waals surface area contributed by atoms with Crippen LogP contribution in [-0.2, 0) is 11.3 Å². The minimum absolute atomic E-state index is 0.418. The van der Waals surface area contributed by atoms with Crippen molar-refractivity contribution in [3.63, 3.8) is 0 Å². The van der Waals surface area contributed by atoms with Gasteiger partial charge < -0.3 is 10.5 Å². The summed E-state index contributed by atoms with van der Waals surface area (Å²) in [6.07, 6.45) is 4.29. The molecular weight excluding hydrogens is 234 g/mol. The zero-order chi connectivity index (χ0) is 13.8. The van der Waals surface area contributed by atoms with Crippen LogP contribution < -0.4 is 5.73 Å². The van der Waals surface area contributed by atoms with Gasteiger partial charge in [0.05, 0.1) is 12.7 Å². The topological polar surface area (TPSA) is 35.2 Å². The second-order valence-electron chi connectivity index (χ2n) is 6.42. The van der Waals surface area contributed by atoms with E-state index in [0.717, 1.165) is 11.6 Å². The van der Waals surface area contributed by atoms with Crippen molar-refractivity contribution < 1.29 is 4.74 Å². The van der Waals surface area contributed by atoms with Crippen LogP contribution in [0.3, 0.4) is 0 Å². The summed E-state index contributed by atoms with van der Waals surface area (Å²) in [6, 6.07) is 8.02. The molecule has 1 aliphatic rings. The molecule has 0 spiro atoms. The van der Waals surface area contributed by atoms with Crippen LogP contribution in [0.4, 0.5) is 5.69 Å². The smallest absolute Gasteiger partial charge is 0.0720 e. The van der Waals surface area contributed by atoms with Gasteiger partial charge >= 0.3 is 0 Å². The van der Waals surface area contributed by atoms with Crippen LogP contribution in [0, 0.1) is 17.8 Å². The van der Waals surface area contributed by atoms with Gasteiger partial charge in [-0.05, 0) is 48.3 Å². The molecule has 0 bridgehead atoms. The molecule has 106 valence electrons. The number of nitrogen functional groups attached to an aromatic ring is 1. The summed E-state index contributed by atoms with van der Waals surface area (Å²) in [5.41, 5.74) is 7.74. The Kier molecular flexibility index (Phi) is 4.87. The van der Waals surface area contributed by atoms with Gasteiger partial charge in [0, 0.05) is 5.69 Å². The van der Waals surface area contributed by atoms with Crippen molar-refractivity contribution in [3.8, 4) is 0 Å². The van der Waals surface area contributed by atoms with E-state index in [1.54, 1.807) is 0 Å². The normalized spacial score (nSPS) is 27.7. The summed E-state index contributed by atoms with van der Waals surface area (Å²) in [7, 11) is 0. The Morgan fingerprint density at radius 3 is 2.53 bits per heavy atom. The molecule has 3 atom stereocenters. The second kappa shape index (κ2) is 6.42. The van der Waals surface area contributed by atoms with E-state index in [1.165, 1.54) is 24.8 Å². The molecule has 1 saturated carbocycles. The molecule has 1 aliphatic carbocycles. The molecule has 0 unspecified atom stereocenters. The van der Waals surface area contributed by atoms with Gasteiger partial charge in [0.15, 0.2) is 0 Å². The van der Waals surface area contributed by atoms with E-state index >= 15 is 0 Å². The molecule has 1 aromatic rings. The fourth-order valence-corrected chi connectivity index (χ4v) is 3.12. The summed E-state index contributed by atoms with van der Waals surface area (Å²) < 4.78 is 6.21. The molecule has 2 heteroatoms. The van der Waals surface area contributed by atoms with Crippen LogP contribution in [0.15, 0.2) is 24.3 Å². The number of nitrogens with two attached hydrogens (primary N) is 1. The molecule has 0 aliphatic heterocycles. The van der Waals surface area contributed by atoms with Crippen molar-refractivity contribution in [2.75, 3.05) is 5.73 Å². The SMILES string of the molecule is CC(C)[C@@H]1CC[C@@H](C)C[C@H]1OCc1ccc(N)cc1.